The van der Waals surface area contributed by atoms with Crippen molar-refractivity contribution >= 4 is 35.1 Å². The van der Waals surface area contributed by atoms with Crippen molar-refractivity contribution in [2.24, 2.45) is 4.99 Å². The molecule has 0 aliphatic heterocycles. The van der Waals surface area contributed by atoms with Gasteiger partial charge in [0, 0.05) is 10.6 Å². The molecule has 5 nitrogen and oxygen atoms in total. The van der Waals surface area contributed by atoms with E-state index in [1.54, 1.807) is 18.2 Å². The number of halogens is 2. The molecular weight excluding hydrogens is 387 g/mol. The lowest BCUT2D eigenvalue weighted by Gasteiger charge is -2.05. The molecule has 0 fully saturated rings. The normalized spacial score (nSPS) is 11.2. The van der Waals surface area contributed by atoms with Gasteiger partial charge in [0.1, 0.15) is 5.75 Å². The van der Waals surface area contributed by atoms with Gasteiger partial charge in [0.15, 0.2) is 5.69 Å². The molecule has 140 valence electrons. The molecule has 3 rings (SSSR count). The van der Waals surface area contributed by atoms with Crippen molar-refractivity contribution in [2.45, 2.75) is 19.8 Å². The third-order valence-electron chi connectivity index (χ3n) is 3.74. The van der Waals surface area contributed by atoms with Crippen LogP contribution in [0.3, 0.4) is 0 Å². The van der Waals surface area contributed by atoms with Gasteiger partial charge in [-0.25, -0.2) is 4.98 Å². The number of hydrogen-bond donors (Lipinski definition) is 1. The second-order valence-electron chi connectivity index (χ2n) is 5.79. The van der Waals surface area contributed by atoms with Crippen molar-refractivity contribution in [3.05, 3.63) is 58.2 Å². The lowest BCUT2D eigenvalue weighted by atomic mass is 10.2. The van der Waals surface area contributed by atoms with E-state index < -0.39 is 0 Å². The SMILES string of the molecule is CCCCOc1ccc(-c2nc(C=Nc3ccc(Cl)cc3Cl)c(O)o2)cc1. The number of aliphatic imine (C=N–C) groups is 1. The highest BCUT2D eigenvalue weighted by Gasteiger charge is 2.13. The van der Waals surface area contributed by atoms with E-state index in [0.29, 0.717) is 22.3 Å². The maximum Gasteiger partial charge on any atom is 0.312 e. The Balaban J connectivity index is 1.75. The number of nitrogens with zero attached hydrogens (tertiary/aromatic N) is 2. The molecule has 0 saturated heterocycles. The van der Waals surface area contributed by atoms with E-state index in [-0.39, 0.29) is 17.5 Å². The van der Waals surface area contributed by atoms with Crippen molar-refractivity contribution in [1.29, 1.82) is 0 Å². The number of oxazole rings is 1. The Morgan fingerprint density at radius 3 is 2.67 bits per heavy atom. The monoisotopic (exact) mass is 404 g/mol. The van der Waals surface area contributed by atoms with E-state index in [0.717, 1.165) is 24.2 Å². The highest BCUT2D eigenvalue weighted by atomic mass is 35.5. The molecule has 0 unspecified atom stereocenters. The van der Waals surface area contributed by atoms with Crippen LogP contribution in [0.15, 0.2) is 51.9 Å². The molecule has 0 saturated carbocycles. The average molecular weight is 405 g/mol. The highest BCUT2D eigenvalue weighted by Crippen LogP contribution is 2.30. The van der Waals surface area contributed by atoms with Crippen LogP contribution in [0.1, 0.15) is 25.5 Å². The van der Waals surface area contributed by atoms with Crippen molar-refractivity contribution in [3.63, 3.8) is 0 Å². The van der Waals surface area contributed by atoms with Gasteiger partial charge in [-0.3, -0.25) is 4.99 Å². The van der Waals surface area contributed by atoms with Gasteiger partial charge in [-0.2, -0.15) is 0 Å². The van der Waals surface area contributed by atoms with Gasteiger partial charge in [0.25, 0.3) is 0 Å². The zero-order valence-electron chi connectivity index (χ0n) is 14.7. The van der Waals surface area contributed by atoms with Crippen molar-refractivity contribution in [1.82, 2.24) is 4.98 Å². The van der Waals surface area contributed by atoms with Crippen LogP contribution >= 0.6 is 23.2 Å². The first-order valence-electron chi connectivity index (χ1n) is 8.49. The van der Waals surface area contributed by atoms with Gasteiger partial charge in [-0.15, -0.1) is 0 Å². The maximum absolute atomic E-state index is 9.98. The van der Waals surface area contributed by atoms with Crippen LogP contribution in [-0.4, -0.2) is 22.9 Å². The summed E-state index contributed by atoms with van der Waals surface area (Å²) in [4.78, 5) is 8.49. The molecule has 1 heterocycles. The van der Waals surface area contributed by atoms with Crippen LogP contribution in [0.5, 0.6) is 11.7 Å². The Hall–Kier alpha value is -2.50. The number of aromatic nitrogens is 1. The summed E-state index contributed by atoms with van der Waals surface area (Å²) in [5.74, 6) is 0.750. The standard InChI is InChI=1S/C20H18Cl2N2O3/c1-2-3-10-26-15-7-4-13(5-8-15)19-24-18(20(25)27-19)12-23-17-9-6-14(21)11-16(17)22/h4-9,11-12,25H,2-3,10H2,1H3. The minimum atomic E-state index is -0.317. The van der Waals surface area contributed by atoms with E-state index in [1.807, 2.05) is 24.3 Å². The molecule has 0 spiro atoms. The fourth-order valence-corrected chi connectivity index (χ4v) is 2.73. The molecular formula is C20H18Cl2N2O3. The molecule has 0 radical (unpaired) electrons. The molecule has 0 aliphatic carbocycles. The van der Waals surface area contributed by atoms with Crippen LogP contribution in [0, 0.1) is 0 Å². The largest absolute Gasteiger partial charge is 0.494 e. The van der Waals surface area contributed by atoms with Gasteiger partial charge < -0.3 is 14.3 Å². The first-order valence-corrected chi connectivity index (χ1v) is 9.24. The summed E-state index contributed by atoms with van der Waals surface area (Å²) in [6.07, 6.45) is 3.48. The topological polar surface area (TPSA) is 67.9 Å². The zero-order valence-corrected chi connectivity index (χ0v) is 16.2. The summed E-state index contributed by atoms with van der Waals surface area (Å²) in [6.45, 7) is 2.80. The van der Waals surface area contributed by atoms with Crippen LogP contribution in [0.25, 0.3) is 11.5 Å². The Labute approximate surface area is 167 Å². The van der Waals surface area contributed by atoms with Gasteiger partial charge in [0.2, 0.25) is 5.89 Å². The summed E-state index contributed by atoms with van der Waals surface area (Å²) < 4.78 is 11.0. The predicted molar refractivity (Wildman–Crippen MR) is 108 cm³/mol. The lowest BCUT2D eigenvalue weighted by molar-refractivity contribution is 0.309. The third-order valence-corrected chi connectivity index (χ3v) is 4.28. The third kappa shape index (κ3) is 5.02. The second kappa shape index (κ2) is 8.93. The highest BCUT2D eigenvalue weighted by molar-refractivity contribution is 6.36. The molecule has 0 bridgehead atoms. The van der Waals surface area contributed by atoms with Crippen LogP contribution < -0.4 is 4.74 Å². The van der Waals surface area contributed by atoms with Crippen LogP contribution in [0.2, 0.25) is 10.0 Å². The molecule has 1 N–H and O–H groups in total. The van der Waals surface area contributed by atoms with E-state index >= 15 is 0 Å². The molecule has 27 heavy (non-hydrogen) atoms. The summed E-state index contributed by atoms with van der Waals surface area (Å²) in [5.41, 5.74) is 1.44. The smallest absolute Gasteiger partial charge is 0.312 e. The quantitative estimate of drug-likeness (QED) is 0.371. The Morgan fingerprint density at radius 1 is 1.19 bits per heavy atom. The van der Waals surface area contributed by atoms with Gasteiger partial charge >= 0.3 is 5.95 Å². The number of aromatic hydroxyl groups is 1. The second-order valence-corrected chi connectivity index (χ2v) is 6.63. The molecule has 0 amide bonds. The van der Waals surface area contributed by atoms with E-state index in [2.05, 4.69) is 16.9 Å². The van der Waals surface area contributed by atoms with Gasteiger partial charge in [-0.05, 0) is 48.9 Å². The van der Waals surface area contributed by atoms with Crippen molar-refractivity contribution in [3.8, 4) is 23.1 Å². The predicted octanol–water partition coefficient (Wildman–Crippen LogP) is 6.28. The van der Waals surface area contributed by atoms with E-state index in [9.17, 15) is 5.11 Å². The molecule has 3 aromatic rings. The fraction of sp³-hybridized carbons (Fsp3) is 0.200. The van der Waals surface area contributed by atoms with Crippen molar-refractivity contribution in [2.75, 3.05) is 6.61 Å². The summed E-state index contributed by atoms with van der Waals surface area (Å²) in [5, 5.41) is 10.9. The summed E-state index contributed by atoms with van der Waals surface area (Å²) in [6, 6.07) is 12.3. The number of rotatable bonds is 7. The fourth-order valence-electron chi connectivity index (χ4n) is 2.28. The maximum atomic E-state index is 9.98. The Morgan fingerprint density at radius 2 is 1.96 bits per heavy atom. The molecule has 0 aliphatic rings. The van der Waals surface area contributed by atoms with E-state index in [4.69, 9.17) is 32.4 Å². The number of benzene rings is 2. The summed E-state index contributed by atoms with van der Waals surface area (Å²) in [7, 11) is 0. The van der Waals surface area contributed by atoms with Crippen LogP contribution in [-0.2, 0) is 0 Å². The molecule has 2 aromatic carbocycles. The number of unbranched alkanes of at least 4 members (excludes halogenated alkanes) is 1. The number of hydrogen-bond acceptors (Lipinski definition) is 5. The molecule has 0 atom stereocenters. The first kappa shape index (κ1) is 19.3. The average Bonchev–Trinajstić information content (AvgIpc) is 3.02. The summed E-state index contributed by atoms with van der Waals surface area (Å²) >= 11 is 11.9. The number of ether oxygens (including phenoxy) is 1. The van der Waals surface area contributed by atoms with Crippen molar-refractivity contribution < 1.29 is 14.3 Å². The van der Waals surface area contributed by atoms with E-state index in [1.165, 1.54) is 6.21 Å². The lowest BCUT2D eigenvalue weighted by Crippen LogP contribution is -1.95. The van der Waals surface area contributed by atoms with Gasteiger partial charge in [0.05, 0.1) is 23.5 Å². The minimum absolute atomic E-state index is 0.208. The van der Waals surface area contributed by atoms with Crippen LogP contribution in [0.4, 0.5) is 5.69 Å². The Bertz CT molecular complexity index is 937. The van der Waals surface area contributed by atoms with Gasteiger partial charge in [-0.1, -0.05) is 36.5 Å². The molecule has 7 heteroatoms. The minimum Gasteiger partial charge on any atom is -0.494 e. The first-order chi connectivity index (χ1) is 13.1. The zero-order chi connectivity index (χ0) is 19.2. The Kier molecular flexibility index (Phi) is 6.37. The molecule has 1 aromatic heterocycles.